The third kappa shape index (κ3) is 11.3. The molecule has 0 aromatic heterocycles. The summed E-state index contributed by atoms with van der Waals surface area (Å²) >= 11 is 0. The lowest BCUT2D eigenvalue weighted by Crippen LogP contribution is -2.46. The van der Waals surface area contributed by atoms with E-state index < -0.39 is 8.80 Å². The fourth-order valence-electron chi connectivity index (χ4n) is 2.24. The molecule has 0 aliphatic carbocycles. The van der Waals surface area contributed by atoms with Crippen LogP contribution in [0, 0.1) is 0 Å². The molecule has 128 valence electrons. The molecule has 0 saturated heterocycles. The normalized spacial score (nSPS) is 12.0. The van der Waals surface area contributed by atoms with E-state index in [1.54, 1.807) is 0 Å². The Morgan fingerprint density at radius 2 is 0.952 bits per heavy atom. The Morgan fingerprint density at radius 1 is 0.524 bits per heavy atom. The topological polar surface area (TPSA) is 27.7 Å². The Labute approximate surface area is 134 Å². The van der Waals surface area contributed by atoms with Crippen molar-refractivity contribution in [3.8, 4) is 0 Å². The molecule has 0 radical (unpaired) electrons. The molecule has 0 amide bonds. The van der Waals surface area contributed by atoms with E-state index in [-0.39, 0.29) is 0 Å². The first-order chi connectivity index (χ1) is 10.2. The number of rotatable bonds is 16. The van der Waals surface area contributed by atoms with Crippen molar-refractivity contribution in [1.29, 1.82) is 0 Å². The molecule has 0 fully saturated rings. The lowest BCUT2D eigenvalue weighted by Gasteiger charge is -2.29. The maximum Gasteiger partial charge on any atom is 0.500 e. The van der Waals surface area contributed by atoms with Crippen molar-refractivity contribution in [1.82, 2.24) is 0 Å². The highest BCUT2D eigenvalue weighted by atomic mass is 28.4. The molecule has 0 aliphatic heterocycles. The van der Waals surface area contributed by atoms with Gasteiger partial charge in [-0.2, -0.15) is 0 Å². The molecule has 21 heavy (non-hydrogen) atoms. The second kappa shape index (κ2) is 15.0. The summed E-state index contributed by atoms with van der Waals surface area (Å²) in [5.74, 6) is 0. The van der Waals surface area contributed by atoms with Crippen LogP contribution in [-0.2, 0) is 13.3 Å². The van der Waals surface area contributed by atoms with E-state index in [0.29, 0.717) is 0 Å². The Morgan fingerprint density at radius 3 is 1.38 bits per heavy atom. The SMILES string of the molecule is CCCCCCCC[Si](OCCC)(OCCC)OCCC. The first kappa shape index (κ1) is 21.1. The van der Waals surface area contributed by atoms with Gasteiger partial charge in [0.05, 0.1) is 0 Å². The minimum Gasteiger partial charge on any atom is -0.373 e. The van der Waals surface area contributed by atoms with Gasteiger partial charge in [-0.1, -0.05) is 59.8 Å². The molecule has 0 saturated carbocycles. The van der Waals surface area contributed by atoms with Crippen LogP contribution in [0.25, 0.3) is 0 Å². The monoisotopic (exact) mass is 318 g/mol. The maximum absolute atomic E-state index is 6.11. The van der Waals surface area contributed by atoms with E-state index in [2.05, 4.69) is 27.7 Å². The van der Waals surface area contributed by atoms with Crippen LogP contribution in [0.2, 0.25) is 6.04 Å². The highest BCUT2D eigenvalue weighted by Gasteiger charge is 2.40. The van der Waals surface area contributed by atoms with Crippen molar-refractivity contribution in [2.45, 2.75) is 91.5 Å². The van der Waals surface area contributed by atoms with Gasteiger partial charge in [-0.3, -0.25) is 0 Å². The Hall–Kier alpha value is 0.0969. The third-order valence-corrected chi connectivity index (χ3v) is 6.31. The van der Waals surface area contributed by atoms with Gasteiger partial charge in [0.25, 0.3) is 0 Å². The zero-order valence-corrected chi connectivity index (χ0v) is 15.9. The molecule has 0 atom stereocenters. The van der Waals surface area contributed by atoms with Gasteiger partial charge in [0.2, 0.25) is 0 Å². The van der Waals surface area contributed by atoms with E-state index in [1.807, 2.05) is 0 Å². The average molecular weight is 319 g/mol. The average Bonchev–Trinajstić information content (AvgIpc) is 2.51. The Balaban J connectivity index is 4.28. The lowest BCUT2D eigenvalue weighted by atomic mass is 10.1. The second-order valence-electron chi connectivity index (χ2n) is 5.75. The summed E-state index contributed by atoms with van der Waals surface area (Å²) in [6, 6.07) is 0.985. The molecule has 0 N–H and O–H groups in total. The molecule has 0 aromatic carbocycles. The van der Waals surface area contributed by atoms with Crippen LogP contribution in [0.3, 0.4) is 0 Å². The minimum absolute atomic E-state index is 0.759. The number of unbranched alkanes of at least 4 members (excludes halogenated alkanes) is 5. The van der Waals surface area contributed by atoms with Gasteiger partial charge >= 0.3 is 8.80 Å². The molecular formula is C17H38O3Si. The number of hydrogen-bond acceptors (Lipinski definition) is 3. The fourth-order valence-corrected chi connectivity index (χ4v) is 5.15. The van der Waals surface area contributed by atoms with Crippen LogP contribution >= 0.6 is 0 Å². The molecule has 0 aromatic rings. The van der Waals surface area contributed by atoms with Gasteiger partial charge in [-0.25, -0.2) is 0 Å². The van der Waals surface area contributed by atoms with Crippen LogP contribution in [0.15, 0.2) is 0 Å². The lowest BCUT2D eigenvalue weighted by molar-refractivity contribution is 0.0586. The van der Waals surface area contributed by atoms with Gasteiger partial charge in [0.1, 0.15) is 0 Å². The largest absolute Gasteiger partial charge is 0.500 e. The zero-order valence-electron chi connectivity index (χ0n) is 14.9. The predicted octanol–water partition coefficient (Wildman–Crippen LogP) is 5.57. The summed E-state index contributed by atoms with van der Waals surface area (Å²) in [5, 5.41) is 0. The highest BCUT2D eigenvalue weighted by Crippen LogP contribution is 2.21. The van der Waals surface area contributed by atoms with E-state index in [4.69, 9.17) is 13.3 Å². The minimum atomic E-state index is -2.43. The second-order valence-corrected chi connectivity index (χ2v) is 8.48. The van der Waals surface area contributed by atoms with Gasteiger partial charge in [-0.15, -0.1) is 0 Å². The molecule has 3 nitrogen and oxygen atoms in total. The maximum atomic E-state index is 6.11. The van der Waals surface area contributed by atoms with Crippen LogP contribution in [-0.4, -0.2) is 28.6 Å². The van der Waals surface area contributed by atoms with E-state index >= 15 is 0 Å². The summed E-state index contributed by atoms with van der Waals surface area (Å²) in [6.45, 7) is 11.0. The van der Waals surface area contributed by atoms with E-state index in [9.17, 15) is 0 Å². The van der Waals surface area contributed by atoms with Crippen molar-refractivity contribution in [2.75, 3.05) is 19.8 Å². The van der Waals surface area contributed by atoms with Gasteiger partial charge in [0, 0.05) is 25.9 Å². The molecule has 0 heterocycles. The van der Waals surface area contributed by atoms with Crippen LogP contribution < -0.4 is 0 Å². The highest BCUT2D eigenvalue weighted by molar-refractivity contribution is 6.60. The Bertz CT molecular complexity index is 190. The molecule has 0 rings (SSSR count). The Kier molecular flexibility index (Phi) is 15.1. The molecule has 0 bridgehead atoms. The summed E-state index contributed by atoms with van der Waals surface area (Å²) in [4.78, 5) is 0. The van der Waals surface area contributed by atoms with Crippen molar-refractivity contribution in [3.63, 3.8) is 0 Å². The van der Waals surface area contributed by atoms with Crippen molar-refractivity contribution in [3.05, 3.63) is 0 Å². The van der Waals surface area contributed by atoms with Gasteiger partial charge in [-0.05, 0) is 25.7 Å². The van der Waals surface area contributed by atoms with Crippen LogP contribution in [0.1, 0.15) is 85.5 Å². The zero-order chi connectivity index (χ0) is 15.8. The van der Waals surface area contributed by atoms with E-state index in [0.717, 1.165) is 45.1 Å². The number of hydrogen-bond donors (Lipinski definition) is 0. The smallest absolute Gasteiger partial charge is 0.373 e. The molecule has 0 aliphatic rings. The molecular weight excluding hydrogens is 280 g/mol. The predicted molar refractivity (Wildman–Crippen MR) is 92.7 cm³/mol. The van der Waals surface area contributed by atoms with Crippen LogP contribution in [0.4, 0.5) is 0 Å². The van der Waals surface area contributed by atoms with Gasteiger partial charge < -0.3 is 13.3 Å². The summed E-state index contributed by atoms with van der Waals surface area (Å²) in [6.07, 6.45) is 10.9. The first-order valence-corrected chi connectivity index (χ1v) is 11.1. The first-order valence-electron chi connectivity index (χ1n) is 9.16. The van der Waals surface area contributed by atoms with Crippen molar-refractivity contribution >= 4 is 8.80 Å². The van der Waals surface area contributed by atoms with Crippen LogP contribution in [0.5, 0.6) is 0 Å². The molecule has 0 unspecified atom stereocenters. The van der Waals surface area contributed by atoms with Crippen molar-refractivity contribution < 1.29 is 13.3 Å². The third-order valence-electron chi connectivity index (χ3n) is 3.41. The summed E-state index contributed by atoms with van der Waals surface area (Å²) in [5.41, 5.74) is 0. The van der Waals surface area contributed by atoms with Crippen molar-refractivity contribution in [2.24, 2.45) is 0 Å². The summed E-state index contributed by atoms with van der Waals surface area (Å²) < 4.78 is 18.3. The van der Waals surface area contributed by atoms with Gasteiger partial charge in [0.15, 0.2) is 0 Å². The molecule has 4 heteroatoms. The molecule has 0 spiro atoms. The quantitative estimate of drug-likeness (QED) is 0.275. The standard InChI is InChI=1S/C17H38O3Si/c1-5-9-10-11-12-13-17-21(18-14-6-2,19-15-7-3)20-16-8-4/h5-17H2,1-4H3. The summed E-state index contributed by atoms with van der Waals surface area (Å²) in [7, 11) is -2.43. The van der Waals surface area contributed by atoms with E-state index in [1.165, 1.54) is 38.5 Å². The fraction of sp³-hybridized carbons (Fsp3) is 1.00.